The second-order valence-corrected chi connectivity index (χ2v) is 3.57. The zero-order valence-corrected chi connectivity index (χ0v) is 5.77. The molecule has 2 radical (unpaired) electrons. The van der Waals surface area contributed by atoms with E-state index < -0.39 is 20.0 Å². The average molecular weight is 181 g/mol. The van der Waals surface area contributed by atoms with Gasteiger partial charge in [0.05, 0.1) is 0 Å². The molecule has 0 saturated carbocycles. The van der Waals surface area contributed by atoms with Gasteiger partial charge < -0.3 is 0 Å². The van der Waals surface area contributed by atoms with Crippen LogP contribution in [0.1, 0.15) is 0 Å². The van der Waals surface area contributed by atoms with E-state index in [0.717, 1.165) is 0 Å². The van der Waals surface area contributed by atoms with E-state index in [1.807, 2.05) is 4.09 Å². The molecule has 0 fully saturated rings. The van der Waals surface area contributed by atoms with Gasteiger partial charge in [-0.2, -0.15) is 0 Å². The Hall–Kier alpha value is 0.829. The van der Waals surface area contributed by atoms with Gasteiger partial charge in [-0.3, -0.25) is 0 Å². The van der Waals surface area contributed by atoms with Gasteiger partial charge in [0.2, 0.25) is 0 Å². The fourth-order valence-electron chi connectivity index (χ4n) is 0. The van der Waals surface area contributed by atoms with Gasteiger partial charge in [-0.25, -0.2) is 0 Å². The van der Waals surface area contributed by atoms with Crippen molar-refractivity contribution >= 4 is 28.9 Å². The molecule has 22 valence electrons. The second-order valence-electron chi connectivity index (χ2n) is 0.313. The number of hydrogen-bond acceptors (Lipinski definition) is 0. The Morgan fingerprint density at radius 3 is 2.25 bits per heavy atom. The first-order chi connectivity index (χ1) is 1.91. The standard InChI is InChI=1S/C2H3.ClH.Sn/c1-2;;/h1H,2H2;1H;/q;;+1/p-1. The zero-order chi connectivity index (χ0) is 3.41. The van der Waals surface area contributed by atoms with Crippen molar-refractivity contribution in [1.82, 2.24) is 0 Å². The van der Waals surface area contributed by atoms with Crippen LogP contribution in [0.5, 0.6) is 0 Å². The summed E-state index contributed by atoms with van der Waals surface area (Å²) in [7, 11) is 5.24. The van der Waals surface area contributed by atoms with Crippen molar-refractivity contribution in [2.75, 3.05) is 0 Å². The molecule has 0 rings (SSSR count). The normalized spacial score (nSPS) is 6.25. The summed E-state index contributed by atoms with van der Waals surface area (Å²) in [5, 5.41) is 0. The first-order valence-corrected chi connectivity index (χ1v) is 6.15. The van der Waals surface area contributed by atoms with Crippen LogP contribution in [0.2, 0.25) is 0 Å². The minimum atomic E-state index is -0.540. The fourth-order valence-corrected chi connectivity index (χ4v) is 0. The molecule has 0 aromatic rings. The third-order valence-corrected chi connectivity index (χ3v) is 1.55. The van der Waals surface area contributed by atoms with Gasteiger partial charge in [-0.05, 0) is 0 Å². The molecule has 0 spiro atoms. The van der Waals surface area contributed by atoms with Gasteiger partial charge in [0, 0.05) is 0 Å². The van der Waals surface area contributed by atoms with Gasteiger partial charge in [-0.15, -0.1) is 0 Å². The van der Waals surface area contributed by atoms with Crippen LogP contribution >= 0.6 is 8.92 Å². The first-order valence-electron chi connectivity index (χ1n) is 0.886. The third-order valence-electron chi connectivity index (χ3n) is 0.0772. The Balaban J connectivity index is 2.30. The molecule has 0 aliphatic rings. The van der Waals surface area contributed by atoms with Crippen LogP contribution in [0.15, 0.2) is 10.7 Å². The van der Waals surface area contributed by atoms with Crippen LogP contribution in [0.25, 0.3) is 0 Å². The van der Waals surface area contributed by atoms with E-state index in [4.69, 9.17) is 8.92 Å². The van der Waals surface area contributed by atoms with E-state index >= 15 is 0 Å². The van der Waals surface area contributed by atoms with Crippen LogP contribution in [0.3, 0.4) is 0 Å². The van der Waals surface area contributed by atoms with Gasteiger partial charge in [0.1, 0.15) is 0 Å². The van der Waals surface area contributed by atoms with Crippen LogP contribution in [0, 0.1) is 0 Å². The van der Waals surface area contributed by atoms with Crippen LogP contribution in [-0.4, -0.2) is 20.0 Å². The first kappa shape index (κ1) is 4.83. The van der Waals surface area contributed by atoms with Gasteiger partial charge in [0.25, 0.3) is 0 Å². The predicted molar refractivity (Wildman–Crippen MR) is 21.8 cm³/mol. The van der Waals surface area contributed by atoms with Gasteiger partial charge >= 0.3 is 39.6 Å². The zero-order valence-electron chi connectivity index (χ0n) is 2.16. The van der Waals surface area contributed by atoms with E-state index in [-0.39, 0.29) is 0 Å². The Morgan fingerprint density at radius 1 is 2.00 bits per heavy atom. The average Bonchev–Trinajstić information content (AvgIpc) is 1.37. The molecule has 0 heterocycles. The van der Waals surface area contributed by atoms with Crippen LogP contribution in [0.4, 0.5) is 0 Å². The molecule has 0 atom stereocenters. The van der Waals surface area contributed by atoms with Crippen molar-refractivity contribution < 1.29 is 0 Å². The second kappa shape index (κ2) is 3.83. The van der Waals surface area contributed by atoms with Crippen LogP contribution < -0.4 is 0 Å². The summed E-state index contributed by atoms with van der Waals surface area (Å²) in [6.07, 6.45) is 0. The van der Waals surface area contributed by atoms with Gasteiger partial charge in [-0.1, -0.05) is 0 Å². The van der Waals surface area contributed by atoms with Crippen molar-refractivity contribution in [3.8, 4) is 0 Å². The van der Waals surface area contributed by atoms with Crippen molar-refractivity contribution in [1.29, 1.82) is 0 Å². The molecule has 0 nitrogen and oxygen atoms in total. The summed E-state index contributed by atoms with van der Waals surface area (Å²) in [4.78, 5) is 0. The van der Waals surface area contributed by atoms with Crippen molar-refractivity contribution in [2.24, 2.45) is 0 Å². The van der Waals surface area contributed by atoms with Crippen molar-refractivity contribution in [3.05, 3.63) is 10.7 Å². The number of hydrogen-bond donors (Lipinski definition) is 0. The summed E-state index contributed by atoms with van der Waals surface area (Å²) in [6, 6.07) is 0. The van der Waals surface area contributed by atoms with E-state index in [1.54, 1.807) is 0 Å². The third kappa shape index (κ3) is 2.83. The molecule has 0 aliphatic heterocycles. The number of halogens is 1. The van der Waals surface area contributed by atoms with E-state index in [2.05, 4.69) is 6.58 Å². The summed E-state index contributed by atoms with van der Waals surface area (Å²) in [5.41, 5.74) is 0. The minimum absolute atomic E-state index is 0.540. The summed E-state index contributed by atoms with van der Waals surface area (Å²) in [5.74, 6) is 0. The molecule has 2 heteroatoms. The molecular formula is C2H3ClSn. The Morgan fingerprint density at radius 2 is 2.25 bits per heavy atom. The fraction of sp³-hybridized carbons (Fsp3) is 0. The molecule has 0 amide bonds. The topological polar surface area (TPSA) is 0 Å². The molecule has 0 aromatic carbocycles. The molecule has 0 unspecified atom stereocenters. The van der Waals surface area contributed by atoms with Crippen LogP contribution in [-0.2, 0) is 0 Å². The summed E-state index contributed by atoms with van der Waals surface area (Å²) in [6.45, 7) is 3.42. The van der Waals surface area contributed by atoms with Gasteiger partial charge in [0.15, 0.2) is 0 Å². The van der Waals surface area contributed by atoms with Crippen molar-refractivity contribution in [3.63, 3.8) is 0 Å². The van der Waals surface area contributed by atoms with E-state index in [0.29, 0.717) is 0 Å². The van der Waals surface area contributed by atoms with Crippen molar-refractivity contribution in [2.45, 2.75) is 0 Å². The maximum absolute atomic E-state index is 5.24. The van der Waals surface area contributed by atoms with E-state index in [1.165, 1.54) is 0 Å². The Bertz CT molecular complexity index is 20.0. The monoisotopic (exact) mass is 182 g/mol. The number of rotatable bonds is 1. The Kier molecular flexibility index (Phi) is 4.62. The molecule has 0 saturated heterocycles. The summed E-state index contributed by atoms with van der Waals surface area (Å²) >= 11 is -0.540. The molecule has 0 aliphatic carbocycles. The molecular weight excluding hydrogens is 178 g/mol. The summed E-state index contributed by atoms with van der Waals surface area (Å²) < 4.78 is 1.81. The molecule has 0 aromatic heterocycles. The maximum atomic E-state index is 5.24. The van der Waals surface area contributed by atoms with E-state index in [9.17, 15) is 0 Å². The quantitative estimate of drug-likeness (QED) is 0.529. The molecule has 4 heavy (non-hydrogen) atoms. The predicted octanol–water partition coefficient (Wildman–Crippen LogP) is 0.988. The molecule has 0 bridgehead atoms. The molecule has 0 N–H and O–H groups in total. The SMILES string of the molecule is C=[CH][Sn][Cl]. The Labute approximate surface area is 39.8 Å².